The summed E-state index contributed by atoms with van der Waals surface area (Å²) >= 11 is 4.24. The molecule has 2 fully saturated rings. The van der Waals surface area contributed by atoms with E-state index in [4.69, 9.17) is 14.0 Å². The van der Waals surface area contributed by atoms with Gasteiger partial charge in [0.25, 0.3) is 0 Å². The first-order valence-electron chi connectivity index (χ1n) is 15.0. The minimum absolute atomic E-state index is 0.0667. The lowest BCUT2D eigenvalue weighted by Crippen LogP contribution is -2.41. The van der Waals surface area contributed by atoms with E-state index in [-0.39, 0.29) is 12.5 Å². The molecular weight excluding hydrogens is 535 g/mol. The van der Waals surface area contributed by atoms with Crippen LogP contribution in [0.25, 0.3) is 0 Å². The third-order valence-corrected chi connectivity index (χ3v) is 8.42. The van der Waals surface area contributed by atoms with Crippen molar-refractivity contribution in [2.45, 2.75) is 103 Å². The fraction of sp³-hybridized carbons (Fsp3) is 0.594. The highest BCUT2D eigenvalue weighted by molar-refractivity contribution is 7.80. The number of amides is 2. The Morgan fingerprint density at radius 1 is 0.951 bits per heavy atom. The van der Waals surface area contributed by atoms with Crippen LogP contribution in [0.3, 0.4) is 0 Å². The Kier molecular flexibility index (Phi) is 13.4. The molecule has 0 unspecified atom stereocenters. The molecule has 2 amide bonds. The third-order valence-electron chi connectivity index (χ3n) is 8.10. The van der Waals surface area contributed by atoms with Gasteiger partial charge in [-0.15, -0.1) is 0 Å². The molecule has 7 nitrogen and oxygen atoms in total. The van der Waals surface area contributed by atoms with Crippen molar-refractivity contribution in [2.24, 2.45) is 0 Å². The van der Waals surface area contributed by atoms with Crippen LogP contribution in [0, 0.1) is 31.2 Å². The number of thiol groups is 1. The average molecular weight is 584 g/mol. The lowest BCUT2D eigenvalue weighted by atomic mass is 9.78. The maximum atomic E-state index is 12.7. The van der Waals surface area contributed by atoms with Crippen molar-refractivity contribution in [3.05, 3.63) is 61.1 Å². The Morgan fingerprint density at radius 3 is 2.24 bits per heavy atom. The van der Waals surface area contributed by atoms with Crippen LogP contribution in [0.5, 0.6) is 0 Å². The molecule has 5 radical (unpaired) electrons. The van der Waals surface area contributed by atoms with Gasteiger partial charge in [0.15, 0.2) is 0 Å². The Morgan fingerprint density at radius 2 is 1.59 bits per heavy atom. The van der Waals surface area contributed by atoms with Gasteiger partial charge in [-0.05, 0) is 76.6 Å². The monoisotopic (exact) mass is 583 g/mol. The van der Waals surface area contributed by atoms with Crippen molar-refractivity contribution >= 4 is 37.2 Å². The zero-order chi connectivity index (χ0) is 29.9. The second-order valence-electron chi connectivity index (χ2n) is 12.0. The number of nitrogens with one attached hydrogen (secondary N) is 1. The van der Waals surface area contributed by atoms with Gasteiger partial charge in [0, 0.05) is 25.9 Å². The average Bonchev–Trinajstić information content (AvgIpc) is 3.50. The van der Waals surface area contributed by atoms with Crippen LogP contribution in [0.4, 0.5) is 4.79 Å². The molecule has 0 spiro atoms. The Bertz CT molecular complexity index is 959. The molecule has 0 atom stereocenters. The summed E-state index contributed by atoms with van der Waals surface area (Å²) in [6.07, 6.45) is 15.3. The summed E-state index contributed by atoms with van der Waals surface area (Å²) < 4.78 is 17.9. The van der Waals surface area contributed by atoms with Gasteiger partial charge < -0.3 is 24.3 Å². The van der Waals surface area contributed by atoms with Crippen molar-refractivity contribution in [3.63, 3.8) is 0 Å². The van der Waals surface area contributed by atoms with E-state index in [0.717, 1.165) is 41.6 Å². The number of hydrogen-bond acceptors (Lipinski definition) is 6. The van der Waals surface area contributed by atoms with E-state index < -0.39 is 24.4 Å². The van der Waals surface area contributed by atoms with Crippen LogP contribution in [0.1, 0.15) is 91.0 Å². The predicted molar refractivity (Wildman–Crippen MR) is 168 cm³/mol. The number of rotatable bonds is 16. The molecule has 41 heavy (non-hydrogen) atoms. The zero-order valence-electron chi connectivity index (χ0n) is 25.5. The van der Waals surface area contributed by atoms with E-state index in [0.29, 0.717) is 13.0 Å². The van der Waals surface area contributed by atoms with Gasteiger partial charge >= 0.3 is 13.2 Å². The SMILES string of the molecule is CN([C]1[CH][CH][C](CNC(=O)CCCCCCCCCCS)[CH]1)C(=O)OCc1cccc(B2OC(C)(C)C(C)(C)O2)c1. The number of nitrogens with zero attached hydrogens (tertiary/aromatic N) is 1. The molecule has 1 aliphatic carbocycles. The first-order valence-corrected chi connectivity index (χ1v) is 15.6. The van der Waals surface area contributed by atoms with Crippen LogP contribution >= 0.6 is 12.6 Å². The van der Waals surface area contributed by atoms with Gasteiger partial charge in [0.05, 0.1) is 17.2 Å². The highest BCUT2D eigenvalue weighted by Crippen LogP contribution is 2.36. The van der Waals surface area contributed by atoms with Crippen molar-refractivity contribution in [1.82, 2.24) is 10.2 Å². The molecule has 2 aliphatic rings. The summed E-state index contributed by atoms with van der Waals surface area (Å²) in [5, 5.41) is 2.99. The summed E-state index contributed by atoms with van der Waals surface area (Å²) in [5.74, 6) is 1.99. The number of carbonyl (C=O) groups is 2. The Balaban J connectivity index is 1.31. The van der Waals surface area contributed by atoms with Crippen molar-refractivity contribution in [1.29, 1.82) is 0 Å². The molecule has 9 heteroatoms. The number of unbranched alkanes of at least 4 members (excludes halogenated alkanes) is 7. The van der Waals surface area contributed by atoms with E-state index >= 15 is 0 Å². The van der Waals surface area contributed by atoms with Crippen molar-refractivity contribution in [2.75, 3.05) is 19.3 Å². The Labute approximate surface area is 254 Å². The lowest BCUT2D eigenvalue weighted by molar-refractivity contribution is -0.121. The highest BCUT2D eigenvalue weighted by Gasteiger charge is 2.51. The predicted octanol–water partition coefficient (Wildman–Crippen LogP) is 5.84. The van der Waals surface area contributed by atoms with Crippen LogP contribution < -0.4 is 10.8 Å². The summed E-state index contributed by atoms with van der Waals surface area (Å²) in [6.45, 7) is 8.67. The number of ether oxygens (including phenoxy) is 1. The van der Waals surface area contributed by atoms with Crippen LogP contribution in [0.2, 0.25) is 0 Å². The minimum atomic E-state index is -0.468. The van der Waals surface area contributed by atoms with Gasteiger partial charge in [-0.2, -0.15) is 12.6 Å². The largest absolute Gasteiger partial charge is 0.494 e. The third kappa shape index (κ3) is 10.5. The molecule has 0 bridgehead atoms. The zero-order valence-corrected chi connectivity index (χ0v) is 26.4. The fourth-order valence-electron chi connectivity index (χ4n) is 4.70. The van der Waals surface area contributed by atoms with Crippen LogP contribution in [-0.2, 0) is 25.4 Å². The second kappa shape index (κ2) is 16.2. The standard InChI is InChI=1S/C32H48BN2O5S/c1-31(2)32(3,4)40-33(39-31)27-16-14-15-26(21-27)24-38-30(37)35(5)28-19-18-25(22-28)23-34-29(36)17-12-10-8-6-7-9-11-13-20-41/h14-16,18-19,21-22,41H,6-13,17,20,23-24H2,1-5H3,(H,34,36). The fourth-order valence-corrected chi connectivity index (χ4v) is 4.92. The van der Waals surface area contributed by atoms with E-state index in [1.165, 1.54) is 43.4 Å². The normalized spacial score (nSPS) is 18.5. The van der Waals surface area contributed by atoms with Gasteiger partial charge in [0.2, 0.25) is 5.91 Å². The van der Waals surface area contributed by atoms with Gasteiger partial charge in [0.1, 0.15) is 6.61 Å². The number of carbonyl (C=O) groups excluding carboxylic acids is 2. The summed E-state index contributed by atoms with van der Waals surface area (Å²) in [4.78, 5) is 26.5. The van der Waals surface area contributed by atoms with Gasteiger partial charge in [-0.25, -0.2) is 4.79 Å². The van der Waals surface area contributed by atoms with Gasteiger partial charge in [-0.1, -0.05) is 62.8 Å². The van der Waals surface area contributed by atoms with E-state index in [1.54, 1.807) is 7.05 Å². The first kappa shape index (κ1) is 33.8. The topological polar surface area (TPSA) is 77.1 Å². The lowest BCUT2D eigenvalue weighted by Gasteiger charge is -2.32. The molecule has 225 valence electrons. The number of hydrogen-bond donors (Lipinski definition) is 2. The van der Waals surface area contributed by atoms with Crippen LogP contribution in [-0.4, -0.2) is 54.6 Å². The second-order valence-corrected chi connectivity index (χ2v) is 12.5. The minimum Gasteiger partial charge on any atom is -0.445 e. The van der Waals surface area contributed by atoms with Gasteiger partial charge in [-0.3, -0.25) is 4.79 Å². The summed E-state index contributed by atoms with van der Waals surface area (Å²) in [7, 11) is 1.21. The first-order chi connectivity index (χ1) is 19.5. The van der Waals surface area contributed by atoms with E-state index in [2.05, 4.69) is 17.9 Å². The molecule has 1 saturated carbocycles. The molecule has 1 aromatic carbocycles. The molecule has 1 heterocycles. The molecule has 3 rings (SSSR count). The molecule has 0 aromatic heterocycles. The smallest absolute Gasteiger partial charge is 0.445 e. The van der Waals surface area contributed by atoms with Crippen molar-refractivity contribution < 1.29 is 23.6 Å². The Hall–Kier alpha value is -1.71. The number of benzene rings is 1. The molecule has 1 saturated heterocycles. The quantitative estimate of drug-likeness (QED) is 0.145. The summed E-state index contributed by atoms with van der Waals surface area (Å²) in [6, 6.07) is 8.46. The maximum absolute atomic E-state index is 12.7. The van der Waals surface area contributed by atoms with Crippen molar-refractivity contribution in [3.8, 4) is 0 Å². The molecule has 1 aromatic rings. The molecule has 1 N–H and O–H groups in total. The molecular formula is C32H48BN2O5S. The van der Waals surface area contributed by atoms with E-state index in [9.17, 15) is 9.59 Å². The van der Waals surface area contributed by atoms with Crippen LogP contribution in [0.15, 0.2) is 24.3 Å². The highest BCUT2D eigenvalue weighted by atomic mass is 32.1. The maximum Gasteiger partial charge on any atom is 0.494 e. The summed E-state index contributed by atoms with van der Waals surface area (Å²) in [5.41, 5.74) is 0.905. The molecule has 1 aliphatic heterocycles. The van der Waals surface area contributed by atoms with E-state index in [1.807, 2.05) is 71.2 Å².